The van der Waals surface area contributed by atoms with Crippen molar-refractivity contribution in [2.45, 2.75) is 39.5 Å². The molecule has 0 aliphatic heterocycles. The molecule has 0 spiro atoms. The molecule has 0 radical (unpaired) electrons. The third-order valence-electron chi connectivity index (χ3n) is 4.53. The van der Waals surface area contributed by atoms with Gasteiger partial charge in [0.15, 0.2) is 6.61 Å². The van der Waals surface area contributed by atoms with Gasteiger partial charge < -0.3 is 20.1 Å². The van der Waals surface area contributed by atoms with E-state index >= 15 is 0 Å². The molecule has 2 aromatic rings. The minimum Gasteiger partial charge on any atom is -0.462 e. The van der Waals surface area contributed by atoms with Crippen LogP contribution in [0.5, 0.6) is 0 Å². The second-order valence-corrected chi connectivity index (χ2v) is 8.67. The Kier molecular flexibility index (Phi) is 11.0. The van der Waals surface area contributed by atoms with Gasteiger partial charge in [0.05, 0.1) is 17.2 Å². The average molecular weight is 554 g/mol. The lowest BCUT2D eigenvalue weighted by atomic mass is 10.2. The van der Waals surface area contributed by atoms with Crippen LogP contribution in [0.4, 0.5) is 11.4 Å². The fraction of sp³-hybridized carbons (Fsp3) is 0.333. The van der Waals surface area contributed by atoms with E-state index in [1.165, 1.54) is 0 Å². The topological polar surface area (TPSA) is 111 Å². The van der Waals surface area contributed by atoms with Crippen molar-refractivity contribution in [1.82, 2.24) is 0 Å². The quantitative estimate of drug-likeness (QED) is 0.367. The number of hydrogen-bond donors (Lipinski definition) is 2. The van der Waals surface area contributed by atoms with E-state index in [1.807, 2.05) is 13.8 Å². The zero-order chi connectivity index (χ0) is 25.1. The number of ether oxygens (including phenoxy) is 2. The van der Waals surface area contributed by atoms with Gasteiger partial charge in [-0.25, -0.2) is 4.79 Å². The maximum absolute atomic E-state index is 12.1. The zero-order valence-electron chi connectivity index (χ0n) is 18.9. The molecule has 2 rings (SSSR count). The van der Waals surface area contributed by atoms with Gasteiger partial charge in [-0.05, 0) is 77.7 Å². The number of rotatable bonds is 11. The van der Waals surface area contributed by atoms with Crippen LogP contribution < -0.4 is 10.6 Å². The molecule has 0 atom stereocenters. The SMILES string of the molecule is CCCOC(=O)c1ccc(NC(=O)CCCC(=O)OCC(=O)Nc2cc(Cl)c(Br)cc2C)cc1. The first-order chi connectivity index (χ1) is 16.2. The first-order valence-corrected chi connectivity index (χ1v) is 11.8. The van der Waals surface area contributed by atoms with E-state index in [0.717, 1.165) is 12.0 Å². The second kappa shape index (κ2) is 13.7. The molecule has 0 bridgehead atoms. The van der Waals surface area contributed by atoms with Gasteiger partial charge in [0, 0.05) is 28.7 Å². The number of carbonyl (C=O) groups excluding carboxylic acids is 4. The molecule has 0 saturated carbocycles. The van der Waals surface area contributed by atoms with Crippen LogP contribution in [0.3, 0.4) is 0 Å². The highest BCUT2D eigenvalue weighted by Gasteiger charge is 2.12. The number of amides is 2. The number of halogens is 2. The van der Waals surface area contributed by atoms with Crippen molar-refractivity contribution in [1.29, 1.82) is 0 Å². The summed E-state index contributed by atoms with van der Waals surface area (Å²) in [5.74, 6) is -1.77. The molecule has 182 valence electrons. The van der Waals surface area contributed by atoms with Crippen molar-refractivity contribution in [2.24, 2.45) is 0 Å². The van der Waals surface area contributed by atoms with Crippen LogP contribution in [0, 0.1) is 6.92 Å². The predicted octanol–water partition coefficient (Wildman–Crippen LogP) is 5.27. The van der Waals surface area contributed by atoms with Crippen molar-refractivity contribution in [3.05, 3.63) is 57.0 Å². The summed E-state index contributed by atoms with van der Waals surface area (Å²) in [6.45, 7) is 3.63. The van der Waals surface area contributed by atoms with Crippen LogP contribution in [-0.4, -0.2) is 37.0 Å². The Morgan fingerprint density at radius 3 is 2.35 bits per heavy atom. The summed E-state index contributed by atoms with van der Waals surface area (Å²) in [4.78, 5) is 47.8. The number of carbonyl (C=O) groups is 4. The van der Waals surface area contributed by atoms with E-state index in [4.69, 9.17) is 21.1 Å². The summed E-state index contributed by atoms with van der Waals surface area (Å²) < 4.78 is 10.7. The van der Waals surface area contributed by atoms with Gasteiger partial charge in [0.1, 0.15) is 0 Å². The molecule has 0 aliphatic carbocycles. The van der Waals surface area contributed by atoms with Crippen LogP contribution in [0.1, 0.15) is 48.5 Å². The number of hydrogen-bond acceptors (Lipinski definition) is 6. The molecular weight excluding hydrogens is 528 g/mol. The molecule has 0 fully saturated rings. The lowest BCUT2D eigenvalue weighted by molar-refractivity contribution is -0.147. The van der Waals surface area contributed by atoms with E-state index in [0.29, 0.717) is 33.0 Å². The van der Waals surface area contributed by atoms with E-state index < -0.39 is 24.5 Å². The molecule has 34 heavy (non-hydrogen) atoms. The van der Waals surface area contributed by atoms with Gasteiger partial charge >= 0.3 is 11.9 Å². The van der Waals surface area contributed by atoms with Crippen LogP contribution in [-0.2, 0) is 23.9 Å². The third kappa shape index (κ3) is 9.15. The molecular formula is C24H26BrClN2O6. The Morgan fingerprint density at radius 1 is 0.971 bits per heavy atom. The first-order valence-electron chi connectivity index (χ1n) is 10.7. The lowest BCUT2D eigenvalue weighted by Crippen LogP contribution is -2.21. The van der Waals surface area contributed by atoms with E-state index in [9.17, 15) is 19.2 Å². The molecule has 2 aromatic carbocycles. The number of anilines is 2. The minimum atomic E-state index is -0.580. The average Bonchev–Trinajstić information content (AvgIpc) is 2.80. The maximum Gasteiger partial charge on any atom is 0.338 e. The highest BCUT2D eigenvalue weighted by Crippen LogP contribution is 2.28. The van der Waals surface area contributed by atoms with Crippen LogP contribution >= 0.6 is 27.5 Å². The largest absolute Gasteiger partial charge is 0.462 e. The number of esters is 2. The molecule has 0 aliphatic rings. The van der Waals surface area contributed by atoms with Gasteiger partial charge in [-0.15, -0.1) is 0 Å². The van der Waals surface area contributed by atoms with Crippen LogP contribution in [0.2, 0.25) is 5.02 Å². The van der Waals surface area contributed by atoms with Crippen LogP contribution in [0.15, 0.2) is 40.9 Å². The number of benzene rings is 2. The summed E-state index contributed by atoms with van der Waals surface area (Å²) in [7, 11) is 0. The molecule has 2 amide bonds. The summed E-state index contributed by atoms with van der Waals surface area (Å²) in [5, 5.41) is 5.78. The third-order valence-corrected chi connectivity index (χ3v) is 5.73. The van der Waals surface area contributed by atoms with Crippen molar-refractivity contribution in [3.8, 4) is 0 Å². The summed E-state index contributed by atoms with van der Waals surface area (Å²) in [5.41, 5.74) is 2.25. The Balaban J connectivity index is 1.67. The van der Waals surface area contributed by atoms with Crippen molar-refractivity contribution >= 4 is 62.7 Å². The van der Waals surface area contributed by atoms with Gasteiger partial charge in [-0.3, -0.25) is 14.4 Å². The Bertz CT molecular complexity index is 1040. The molecule has 0 unspecified atom stereocenters. The van der Waals surface area contributed by atoms with Crippen molar-refractivity contribution < 1.29 is 28.7 Å². The number of aryl methyl sites for hydroxylation is 1. The van der Waals surface area contributed by atoms with Gasteiger partial charge in [0.2, 0.25) is 5.91 Å². The standard InChI is InChI=1S/C24H26BrClN2O6/c1-3-11-33-24(32)16-7-9-17(10-8-16)27-21(29)5-4-6-23(31)34-14-22(30)28-20-13-19(26)18(25)12-15(20)2/h7-10,12-13H,3-6,11,14H2,1-2H3,(H,27,29)(H,28,30). The zero-order valence-corrected chi connectivity index (χ0v) is 21.3. The summed E-state index contributed by atoms with van der Waals surface area (Å²) >= 11 is 9.34. The maximum atomic E-state index is 12.1. The Morgan fingerprint density at radius 2 is 1.68 bits per heavy atom. The van der Waals surface area contributed by atoms with Crippen molar-refractivity contribution in [2.75, 3.05) is 23.8 Å². The summed E-state index contributed by atoms with van der Waals surface area (Å²) in [6, 6.07) is 9.72. The van der Waals surface area contributed by atoms with E-state index in [1.54, 1.807) is 36.4 Å². The Labute approximate surface area is 211 Å². The molecule has 0 aromatic heterocycles. The monoisotopic (exact) mass is 552 g/mol. The van der Waals surface area contributed by atoms with Gasteiger partial charge in [-0.1, -0.05) is 18.5 Å². The van der Waals surface area contributed by atoms with E-state index in [-0.39, 0.29) is 25.2 Å². The molecule has 0 saturated heterocycles. The van der Waals surface area contributed by atoms with Gasteiger partial charge in [0.25, 0.3) is 5.91 Å². The second-order valence-electron chi connectivity index (χ2n) is 7.41. The predicted molar refractivity (Wildman–Crippen MR) is 133 cm³/mol. The van der Waals surface area contributed by atoms with Crippen molar-refractivity contribution in [3.63, 3.8) is 0 Å². The molecule has 2 N–H and O–H groups in total. The van der Waals surface area contributed by atoms with Gasteiger partial charge in [-0.2, -0.15) is 0 Å². The normalized spacial score (nSPS) is 10.4. The molecule has 0 heterocycles. The minimum absolute atomic E-state index is 0.00789. The molecule has 8 nitrogen and oxygen atoms in total. The Hall–Kier alpha value is -2.91. The fourth-order valence-corrected chi connectivity index (χ4v) is 3.39. The highest BCUT2D eigenvalue weighted by molar-refractivity contribution is 9.10. The lowest BCUT2D eigenvalue weighted by Gasteiger charge is -2.10. The smallest absolute Gasteiger partial charge is 0.338 e. The first kappa shape index (κ1) is 27.3. The number of nitrogens with one attached hydrogen (secondary N) is 2. The highest BCUT2D eigenvalue weighted by atomic mass is 79.9. The van der Waals surface area contributed by atoms with Crippen LogP contribution in [0.25, 0.3) is 0 Å². The summed E-state index contributed by atoms with van der Waals surface area (Å²) in [6.07, 6.45) is 1.08. The van der Waals surface area contributed by atoms with E-state index in [2.05, 4.69) is 26.6 Å². The fourth-order valence-electron chi connectivity index (χ4n) is 2.77. The molecule has 10 heteroatoms.